The lowest BCUT2D eigenvalue weighted by Gasteiger charge is -2.10. The number of anilines is 1. The van der Waals surface area contributed by atoms with Crippen molar-refractivity contribution in [3.63, 3.8) is 0 Å². The van der Waals surface area contributed by atoms with Gasteiger partial charge in [-0.1, -0.05) is 0 Å². The maximum Gasteiger partial charge on any atom is 0.144 e. The molecule has 2 aromatic rings. The fraction of sp³-hybridized carbons (Fsp3) is 0.182. The van der Waals surface area contributed by atoms with Gasteiger partial charge in [-0.15, -0.1) is 0 Å². The summed E-state index contributed by atoms with van der Waals surface area (Å²) in [7, 11) is 1.63. The molecule has 16 heavy (non-hydrogen) atoms. The summed E-state index contributed by atoms with van der Waals surface area (Å²) < 4.78 is 7.21. The Morgan fingerprint density at radius 2 is 2.25 bits per heavy atom. The predicted molar refractivity (Wildman–Crippen MR) is 64.3 cm³/mol. The zero-order valence-electron chi connectivity index (χ0n) is 9.07. The molecular formula is C11H12ClN3O. The molecule has 0 saturated carbocycles. The summed E-state index contributed by atoms with van der Waals surface area (Å²) in [5, 5.41) is 0. The second-order valence-electron chi connectivity index (χ2n) is 3.40. The van der Waals surface area contributed by atoms with Crippen molar-refractivity contribution in [2.45, 2.75) is 6.92 Å². The van der Waals surface area contributed by atoms with E-state index in [-0.39, 0.29) is 0 Å². The molecule has 84 valence electrons. The fourth-order valence-corrected chi connectivity index (χ4v) is 1.62. The summed E-state index contributed by atoms with van der Waals surface area (Å²) in [5.74, 6) is 0.739. The van der Waals surface area contributed by atoms with Crippen molar-refractivity contribution in [2.75, 3.05) is 11.9 Å². The summed E-state index contributed by atoms with van der Waals surface area (Å²) >= 11 is 5.53. The lowest BCUT2D eigenvalue weighted by molar-refractivity contribution is 0.413. The van der Waals surface area contributed by atoms with Crippen LogP contribution in [0.1, 0.15) is 5.69 Å². The molecule has 1 aromatic carbocycles. The third-order valence-corrected chi connectivity index (χ3v) is 2.50. The van der Waals surface area contributed by atoms with Gasteiger partial charge in [0.1, 0.15) is 5.75 Å². The molecule has 0 amide bonds. The van der Waals surface area contributed by atoms with Gasteiger partial charge in [0.25, 0.3) is 0 Å². The number of methoxy groups -OCH3 is 1. The highest BCUT2D eigenvalue weighted by Gasteiger charge is 2.06. The first kappa shape index (κ1) is 10.8. The summed E-state index contributed by atoms with van der Waals surface area (Å²) in [4.78, 5) is 6.73. The van der Waals surface area contributed by atoms with Gasteiger partial charge in [-0.05, 0) is 19.1 Å². The molecule has 0 fully saturated rings. The molecule has 0 aliphatic carbocycles. The van der Waals surface area contributed by atoms with Gasteiger partial charge in [-0.3, -0.25) is 4.84 Å². The number of imidazole rings is 1. The van der Waals surface area contributed by atoms with Crippen molar-refractivity contribution >= 4 is 17.5 Å². The molecule has 4 nitrogen and oxygen atoms in total. The van der Waals surface area contributed by atoms with E-state index in [4.69, 9.17) is 16.5 Å². The van der Waals surface area contributed by atoms with E-state index < -0.39 is 0 Å². The Balaban J connectivity index is 2.48. The molecule has 1 heterocycles. The first-order valence-corrected chi connectivity index (χ1v) is 5.18. The number of ether oxygens (including phenoxy) is 1. The highest BCUT2D eigenvalue weighted by Crippen LogP contribution is 2.26. The van der Waals surface area contributed by atoms with Crippen molar-refractivity contribution in [1.82, 2.24) is 9.55 Å². The number of rotatable bonds is 3. The molecular weight excluding hydrogens is 226 g/mol. The zero-order chi connectivity index (χ0) is 11.5. The topological polar surface area (TPSA) is 39.1 Å². The Morgan fingerprint density at radius 1 is 1.44 bits per heavy atom. The smallest absolute Gasteiger partial charge is 0.144 e. The minimum absolute atomic E-state index is 0.739. The van der Waals surface area contributed by atoms with Crippen molar-refractivity contribution in [1.29, 1.82) is 0 Å². The van der Waals surface area contributed by atoms with E-state index in [0.29, 0.717) is 0 Å². The van der Waals surface area contributed by atoms with Crippen molar-refractivity contribution in [3.8, 4) is 11.4 Å². The van der Waals surface area contributed by atoms with Crippen LogP contribution in [0.4, 0.5) is 5.69 Å². The Labute approximate surface area is 98.9 Å². The lowest BCUT2D eigenvalue weighted by Crippen LogP contribution is -1.96. The summed E-state index contributed by atoms with van der Waals surface area (Å²) in [5.41, 5.74) is 2.68. The van der Waals surface area contributed by atoms with E-state index in [0.717, 1.165) is 22.8 Å². The van der Waals surface area contributed by atoms with Crippen LogP contribution in [0.25, 0.3) is 5.69 Å². The van der Waals surface area contributed by atoms with Crippen molar-refractivity contribution < 1.29 is 4.74 Å². The second-order valence-corrected chi connectivity index (χ2v) is 3.59. The maximum absolute atomic E-state index is 5.53. The van der Waals surface area contributed by atoms with Crippen molar-refractivity contribution in [3.05, 3.63) is 36.4 Å². The predicted octanol–water partition coefficient (Wildman–Crippen LogP) is 2.76. The Kier molecular flexibility index (Phi) is 3.01. The molecule has 0 unspecified atom stereocenters. The van der Waals surface area contributed by atoms with E-state index in [1.165, 1.54) is 0 Å². The Bertz CT molecular complexity index is 496. The van der Waals surface area contributed by atoms with E-state index in [2.05, 4.69) is 9.82 Å². The van der Waals surface area contributed by atoms with Gasteiger partial charge in [0.2, 0.25) is 0 Å². The second kappa shape index (κ2) is 4.45. The molecule has 2 rings (SSSR count). The quantitative estimate of drug-likeness (QED) is 0.835. The molecule has 1 aromatic heterocycles. The van der Waals surface area contributed by atoms with Crippen LogP contribution in [-0.2, 0) is 0 Å². The standard InChI is InChI=1S/C11H12ClN3O/c1-8-6-15(7-13-8)10-4-3-9(14-12)5-11(10)16-2/h3-7,14H,1-2H3. The monoisotopic (exact) mass is 237 g/mol. The van der Waals surface area contributed by atoms with Crippen LogP contribution in [0, 0.1) is 6.92 Å². The molecule has 0 spiro atoms. The van der Waals surface area contributed by atoms with Crippen LogP contribution in [0.3, 0.4) is 0 Å². The average Bonchev–Trinajstić information content (AvgIpc) is 2.74. The number of nitrogens with zero attached hydrogens (tertiary/aromatic N) is 2. The minimum atomic E-state index is 0.739. The summed E-state index contributed by atoms with van der Waals surface area (Å²) in [6, 6.07) is 5.63. The first-order valence-electron chi connectivity index (χ1n) is 4.80. The maximum atomic E-state index is 5.53. The van der Waals surface area contributed by atoms with E-state index in [1.807, 2.05) is 35.9 Å². The van der Waals surface area contributed by atoms with Gasteiger partial charge >= 0.3 is 0 Å². The van der Waals surface area contributed by atoms with Crippen LogP contribution in [0.15, 0.2) is 30.7 Å². The van der Waals surface area contributed by atoms with Gasteiger partial charge in [-0.2, -0.15) is 0 Å². The molecule has 0 saturated heterocycles. The normalized spacial score (nSPS) is 10.2. The largest absolute Gasteiger partial charge is 0.494 e. The highest BCUT2D eigenvalue weighted by atomic mass is 35.5. The minimum Gasteiger partial charge on any atom is -0.494 e. The number of nitrogens with one attached hydrogen (secondary N) is 1. The van der Waals surface area contributed by atoms with E-state index in [9.17, 15) is 0 Å². The number of hydrogen-bond donors (Lipinski definition) is 1. The van der Waals surface area contributed by atoms with Gasteiger partial charge < -0.3 is 9.30 Å². The third-order valence-electron chi connectivity index (χ3n) is 2.28. The summed E-state index contributed by atoms with van der Waals surface area (Å²) in [6.45, 7) is 1.94. The van der Waals surface area contributed by atoms with Gasteiger partial charge in [0, 0.05) is 24.0 Å². The third kappa shape index (κ3) is 1.97. The summed E-state index contributed by atoms with van der Waals surface area (Å²) in [6.07, 6.45) is 3.69. The fourth-order valence-electron chi connectivity index (χ4n) is 1.50. The number of aryl methyl sites for hydroxylation is 1. The zero-order valence-corrected chi connectivity index (χ0v) is 9.82. The molecule has 0 atom stereocenters. The Hall–Kier alpha value is -1.68. The molecule has 0 aliphatic heterocycles. The van der Waals surface area contributed by atoms with E-state index >= 15 is 0 Å². The van der Waals surface area contributed by atoms with Crippen molar-refractivity contribution in [2.24, 2.45) is 0 Å². The average molecular weight is 238 g/mol. The molecule has 0 radical (unpaired) electrons. The molecule has 0 bridgehead atoms. The van der Waals surface area contributed by atoms with Crippen LogP contribution in [0.2, 0.25) is 0 Å². The Morgan fingerprint density at radius 3 is 2.81 bits per heavy atom. The van der Waals surface area contributed by atoms with Crippen LogP contribution < -0.4 is 9.57 Å². The van der Waals surface area contributed by atoms with Gasteiger partial charge in [-0.25, -0.2) is 4.98 Å². The number of aromatic nitrogens is 2. The molecule has 0 aliphatic rings. The van der Waals surface area contributed by atoms with Crippen LogP contribution >= 0.6 is 11.8 Å². The lowest BCUT2D eigenvalue weighted by atomic mass is 10.2. The van der Waals surface area contributed by atoms with Gasteiger partial charge in [0.05, 0.1) is 30.5 Å². The highest BCUT2D eigenvalue weighted by molar-refractivity contribution is 6.24. The van der Waals surface area contributed by atoms with Gasteiger partial charge in [0.15, 0.2) is 0 Å². The van der Waals surface area contributed by atoms with Crippen LogP contribution in [-0.4, -0.2) is 16.7 Å². The van der Waals surface area contributed by atoms with E-state index in [1.54, 1.807) is 13.4 Å². The number of halogens is 1. The number of benzene rings is 1. The SMILES string of the molecule is COc1cc(NCl)ccc1-n1cnc(C)c1. The first-order chi connectivity index (χ1) is 7.74. The molecule has 5 heteroatoms. The number of hydrogen-bond acceptors (Lipinski definition) is 3. The van der Waals surface area contributed by atoms with Crippen LogP contribution in [0.5, 0.6) is 5.75 Å². The molecule has 1 N–H and O–H groups in total.